The minimum absolute atomic E-state index is 0.0576. The largest absolute Gasteiger partial charge is 0.387 e. The van der Waals surface area contributed by atoms with Crippen molar-refractivity contribution in [3.8, 4) is 5.69 Å². The molecule has 0 radical (unpaired) electrons. The van der Waals surface area contributed by atoms with Crippen LogP contribution < -0.4 is 0 Å². The van der Waals surface area contributed by atoms with Crippen LogP contribution in [0.2, 0.25) is 0 Å². The van der Waals surface area contributed by atoms with Gasteiger partial charge < -0.3 is 14.7 Å². The maximum atomic E-state index is 12.9. The van der Waals surface area contributed by atoms with Gasteiger partial charge in [0.1, 0.15) is 12.7 Å². The Balaban J connectivity index is 1.43. The Kier molecular flexibility index (Phi) is 4.71. The Morgan fingerprint density at radius 1 is 1.19 bits per heavy atom. The Hall–Kier alpha value is -2.29. The van der Waals surface area contributed by atoms with Crippen LogP contribution in [0.4, 0.5) is 0 Å². The molecule has 1 atom stereocenters. The second-order valence-corrected chi connectivity index (χ2v) is 7.01. The summed E-state index contributed by atoms with van der Waals surface area (Å²) < 4.78 is 7.12. The van der Waals surface area contributed by atoms with Gasteiger partial charge in [-0.25, -0.2) is 0 Å². The molecule has 8 nitrogen and oxygen atoms in total. The third-order valence-corrected chi connectivity index (χ3v) is 5.05. The van der Waals surface area contributed by atoms with Crippen molar-refractivity contribution in [2.45, 2.75) is 12.0 Å². The molecule has 8 heteroatoms. The molecule has 2 aliphatic heterocycles. The Bertz CT molecular complexity index is 760. The molecule has 1 aromatic heterocycles. The molecule has 0 spiro atoms. The lowest BCUT2D eigenvalue weighted by Crippen LogP contribution is -2.49. The first-order valence-electron chi connectivity index (χ1n) is 8.90. The average Bonchev–Trinajstić information content (AvgIpc) is 3.32. The van der Waals surface area contributed by atoms with Crippen molar-refractivity contribution in [1.82, 2.24) is 24.6 Å². The van der Waals surface area contributed by atoms with E-state index in [1.54, 1.807) is 28.2 Å². The monoisotopic (exact) mass is 357 g/mol. The van der Waals surface area contributed by atoms with E-state index >= 15 is 0 Å². The molecule has 2 fully saturated rings. The molecule has 0 aliphatic carbocycles. The van der Waals surface area contributed by atoms with E-state index in [0.29, 0.717) is 44.8 Å². The van der Waals surface area contributed by atoms with Crippen LogP contribution in [0.3, 0.4) is 0 Å². The SMILES string of the molecule is O=C(c1cccc(-n2cnnc2)c1)N1CC[C@](O)(CN2CCOCC2)C1. The molecule has 138 valence electrons. The molecule has 0 unspecified atom stereocenters. The molecule has 2 aliphatic rings. The quantitative estimate of drug-likeness (QED) is 0.840. The zero-order valence-corrected chi connectivity index (χ0v) is 14.6. The highest BCUT2D eigenvalue weighted by atomic mass is 16.5. The van der Waals surface area contributed by atoms with E-state index in [0.717, 1.165) is 18.8 Å². The van der Waals surface area contributed by atoms with Gasteiger partial charge in [-0.3, -0.25) is 14.3 Å². The van der Waals surface area contributed by atoms with Crippen LogP contribution in [0.15, 0.2) is 36.9 Å². The Morgan fingerprint density at radius 2 is 1.96 bits per heavy atom. The summed E-state index contributed by atoms with van der Waals surface area (Å²) in [6, 6.07) is 7.37. The fourth-order valence-electron chi connectivity index (χ4n) is 3.65. The summed E-state index contributed by atoms with van der Waals surface area (Å²) in [4.78, 5) is 16.8. The van der Waals surface area contributed by atoms with Gasteiger partial charge in [-0.1, -0.05) is 6.07 Å². The second kappa shape index (κ2) is 7.14. The lowest BCUT2D eigenvalue weighted by Gasteiger charge is -2.33. The molecule has 26 heavy (non-hydrogen) atoms. The van der Waals surface area contributed by atoms with Gasteiger partial charge in [-0.05, 0) is 24.6 Å². The number of hydrogen-bond donors (Lipinski definition) is 1. The number of ether oxygens (including phenoxy) is 1. The number of carbonyl (C=O) groups excluding carboxylic acids is 1. The van der Waals surface area contributed by atoms with Crippen molar-refractivity contribution in [3.63, 3.8) is 0 Å². The van der Waals surface area contributed by atoms with Crippen molar-refractivity contribution in [2.24, 2.45) is 0 Å². The van der Waals surface area contributed by atoms with Gasteiger partial charge in [-0.15, -0.1) is 10.2 Å². The van der Waals surface area contributed by atoms with Crippen LogP contribution in [-0.2, 0) is 4.74 Å². The summed E-state index contributed by atoms with van der Waals surface area (Å²) in [5.74, 6) is -0.0576. The van der Waals surface area contributed by atoms with Gasteiger partial charge >= 0.3 is 0 Å². The van der Waals surface area contributed by atoms with Crippen molar-refractivity contribution in [1.29, 1.82) is 0 Å². The topological polar surface area (TPSA) is 83.7 Å². The van der Waals surface area contributed by atoms with Crippen molar-refractivity contribution in [2.75, 3.05) is 45.9 Å². The summed E-state index contributed by atoms with van der Waals surface area (Å²) in [6.07, 6.45) is 3.79. The number of nitrogens with zero attached hydrogens (tertiary/aromatic N) is 5. The van der Waals surface area contributed by atoms with Gasteiger partial charge in [0, 0.05) is 37.4 Å². The number of amides is 1. The number of aliphatic hydroxyl groups is 1. The zero-order chi connectivity index (χ0) is 18.0. The third-order valence-electron chi connectivity index (χ3n) is 5.05. The highest BCUT2D eigenvalue weighted by molar-refractivity contribution is 5.95. The summed E-state index contributed by atoms with van der Waals surface area (Å²) in [5, 5.41) is 18.5. The minimum Gasteiger partial charge on any atom is -0.387 e. The van der Waals surface area contributed by atoms with Gasteiger partial charge in [0.25, 0.3) is 5.91 Å². The normalized spacial score (nSPS) is 24.1. The molecule has 2 saturated heterocycles. The highest BCUT2D eigenvalue weighted by Crippen LogP contribution is 2.25. The average molecular weight is 357 g/mol. The smallest absolute Gasteiger partial charge is 0.254 e. The summed E-state index contributed by atoms with van der Waals surface area (Å²) >= 11 is 0. The molecule has 1 aromatic carbocycles. The van der Waals surface area contributed by atoms with Crippen molar-refractivity contribution >= 4 is 5.91 Å². The molecule has 1 N–H and O–H groups in total. The number of likely N-dealkylation sites (tertiary alicyclic amines) is 1. The standard InChI is InChI=1S/C18H23N5O3/c24-17(15-2-1-3-16(10-15)23-13-19-20-14-23)22-5-4-18(25,12-22)11-21-6-8-26-9-7-21/h1-3,10,13-14,25H,4-9,11-12H2/t18-/m0/s1. The van der Waals surface area contributed by atoms with E-state index in [-0.39, 0.29) is 5.91 Å². The van der Waals surface area contributed by atoms with E-state index in [9.17, 15) is 9.90 Å². The van der Waals surface area contributed by atoms with Crippen LogP contribution in [0, 0.1) is 0 Å². The Labute approximate surface area is 152 Å². The second-order valence-electron chi connectivity index (χ2n) is 7.01. The van der Waals surface area contributed by atoms with Gasteiger partial charge in [0.15, 0.2) is 0 Å². The molecule has 4 rings (SSSR count). The van der Waals surface area contributed by atoms with Crippen LogP contribution in [-0.4, -0.2) is 87.1 Å². The zero-order valence-electron chi connectivity index (χ0n) is 14.6. The first-order valence-corrected chi connectivity index (χ1v) is 8.90. The number of aromatic nitrogens is 3. The molecular formula is C18H23N5O3. The van der Waals surface area contributed by atoms with E-state index in [1.165, 1.54) is 0 Å². The number of hydrogen-bond acceptors (Lipinski definition) is 6. The third kappa shape index (κ3) is 3.62. The Morgan fingerprint density at radius 3 is 2.73 bits per heavy atom. The lowest BCUT2D eigenvalue weighted by atomic mass is 10.0. The molecule has 0 saturated carbocycles. The summed E-state index contributed by atoms with van der Waals surface area (Å²) in [7, 11) is 0. The van der Waals surface area contributed by atoms with E-state index in [1.807, 2.05) is 18.2 Å². The molecule has 0 bridgehead atoms. The fraction of sp³-hybridized carbons (Fsp3) is 0.500. The number of morpholine rings is 1. The van der Waals surface area contributed by atoms with Gasteiger partial charge in [0.05, 0.1) is 25.4 Å². The van der Waals surface area contributed by atoms with Gasteiger partial charge in [-0.2, -0.15) is 0 Å². The molecule has 3 heterocycles. The van der Waals surface area contributed by atoms with Crippen molar-refractivity contribution < 1.29 is 14.6 Å². The number of β-amino-alcohol motifs (C(OH)–C–C–N with tert-alkyl or cyclic N) is 1. The van der Waals surface area contributed by atoms with Crippen LogP contribution in [0.5, 0.6) is 0 Å². The maximum Gasteiger partial charge on any atom is 0.254 e. The summed E-state index contributed by atoms with van der Waals surface area (Å²) in [5.41, 5.74) is 0.592. The predicted molar refractivity (Wildman–Crippen MR) is 94.1 cm³/mol. The molecular weight excluding hydrogens is 334 g/mol. The van der Waals surface area contributed by atoms with Crippen LogP contribution in [0.1, 0.15) is 16.8 Å². The molecule has 2 aromatic rings. The fourth-order valence-corrected chi connectivity index (χ4v) is 3.65. The van der Waals surface area contributed by atoms with Crippen LogP contribution in [0.25, 0.3) is 5.69 Å². The van der Waals surface area contributed by atoms with E-state index < -0.39 is 5.60 Å². The predicted octanol–water partition coefficient (Wildman–Crippen LogP) is 0.177. The first kappa shape index (κ1) is 17.1. The molecule has 1 amide bonds. The minimum atomic E-state index is -0.848. The highest BCUT2D eigenvalue weighted by Gasteiger charge is 2.39. The number of carbonyl (C=O) groups is 1. The van der Waals surface area contributed by atoms with Crippen LogP contribution >= 0.6 is 0 Å². The van der Waals surface area contributed by atoms with Gasteiger partial charge in [0.2, 0.25) is 0 Å². The first-order chi connectivity index (χ1) is 12.6. The van der Waals surface area contributed by atoms with Crippen molar-refractivity contribution in [3.05, 3.63) is 42.5 Å². The maximum absolute atomic E-state index is 12.9. The lowest BCUT2D eigenvalue weighted by molar-refractivity contribution is -0.0257. The summed E-state index contributed by atoms with van der Waals surface area (Å²) in [6.45, 7) is 4.58. The number of benzene rings is 1. The number of rotatable bonds is 4. The van der Waals surface area contributed by atoms with E-state index in [2.05, 4.69) is 15.1 Å². The van der Waals surface area contributed by atoms with E-state index in [4.69, 9.17) is 4.74 Å².